The number of carbonyl (C=O) groups is 1. The maximum atomic E-state index is 13.1. The Balaban J connectivity index is 1.76. The van der Waals surface area contributed by atoms with Gasteiger partial charge in [-0.3, -0.25) is 0 Å². The molecule has 0 amide bonds. The molecule has 0 spiro atoms. The van der Waals surface area contributed by atoms with Crippen LogP contribution in [-0.4, -0.2) is 31.4 Å². The summed E-state index contributed by atoms with van der Waals surface area (Å²) in [5.74, 6) is 0.292. The van der Waals surface area contributed by atoms with Gasteiger partial charge in [-0.05, 0) is 0 Å². The second kappa shape index (κ2) is 9.63. The molecule has 4 aromatic carbocycles. The molecule has 0 saturated heterocycles. The van der Waals surface area contributed by atoms with E-state index in [1.165, 1.54) is 0 Å². The van der Waals surface area contributed by atoms with Gasteiger partial charge in [0.05, 0.1) is 0 Å². The Morgan fingerprint density at radius 3 is 1.33 bits per heavy atom. The Bertz CT molecular complexity index is 972. The molecule has 0 aliphatic rings. The van der Waals surface area contributed by atoms with Crippen molar-refractivity contribution in [2.45, 2.75) is 0 Å². The molecule has 0 radical (unpaired) electrons. The first-order valence-corrected chi connectivity index (χ1v) is 15.3. The van der Waals surface area contributed by atoms with Gasteiger partial charge in [0.15, 0.2) is 0 Å². The summed E-state index contributed by atoms with van der Waals surface area (Å²) < 4.78 is 15.4. The fourth-order valence-electron chi connectivity index (χ4n) is 3.55. The van der Waals surface area contributed by atoms with E-state index in [4.69, 9.17) is 7.81 Å². The molecule has 0 unspecified atom stereocenters. The fourth-order valence-corrected chi connectivity index (χ4v) is 14.2. The molecule has 0 heterocycles. The van der Waals surface area contributed by atoms with Crippen LogP contribution in [-0.2, 0) is 7.87 Å². The average Bonchev–Trinajstić information content (AvgIpc) is 2.83. The van der Waals surface area contributed by atoms with Crippen molar-refractivity contribution in [1.29, 1.82) is 0 Å². The first kappa shape index (κ1) is 20.2. The van der Waals surface area contributed by atoms with Crippen LogP contribution in [0.5, 0.6) is 5.75 Å². The number of hydrogen-bond donors (Lipinski definition) is 0. The van der Waals surface area contributed by atoms with Crippen molar-refractivity contribution in [3.63, 3.8) is 0 Å². The van der Waals surface area contributed by atoms with Crippen LogP contribution in [0.4, 0.5) is 0 Å². The summed E-state index contributed by atoms with van der Waals surface area (Å²) in [6.45, 7) is -0.130. The van der Waals surface area contributed by atoms with Crippen LogP contribution in [0, 0.1) is 0 Å². The van der Waals surface area contributed by atoms with E-state index in [9.17, 15) is 4.79 Å². The summed E-state index contributed by atoms with van der Waals surface area (Å²) in [6, 6.07) is 39.7. The molecule has 0 fully saturated rings. The van der Waals surface area contributed by atoms with Crippen molar-refractivity contribution in [3.8, 4) is 5.75 Å². The minimum absolute atomic E-state index is 0.130. The van der Waals surface area contributed by atoms with Gasteiger partial charge in [-0.25, -0.2) is 0 Å². The Morgan fingerprint density at radius 1 is 0.567 bits per heavy atom. The molecule has 3 nitrogen and oxygen atoms in total. The van der Waals surface area contributed by atoms with Gasteiger partial charge in [-0.1, -0.05) is 0 Å². The van der Waals surface area contributed by atoms with Crippen LogP contribution in [0.3, 0.4) is 0 Å². The number of carbonyl (C=O) groups excluding carboxylic acids is 1. The first-order valence-electron chi connectivity index (χ1n) is 9.85. The van der Waals surface area contributed by atoms with E-state index in [1.54, 1.807) is 0 Å². The van der Waals surface area contributed by atoms with Crippen molar-refractivity contribution < 1.29 is 12.6 Å². The third kappa shape index (κ3) is 4.41. The van der Waals surface area contributed by atoms with E-state index in [-0.39, 0.29) is 12.6 Å². The zero-order valence-corrected chi connectivity index (χ0v) is 19.3. The van der Waals surface area contributed by atoms with Crippen LogP contribution in [0.2, 0.25) is 0 Å². The minimum atomic E-state index is -4.06. The number of para-hydroxylation sites is 1. The summed E-state index contributed by atoms with van der Waals surface area (Å²) in [7, 11) is 0. The summed E-state index contributed by atoms with van der Waals surface area (Å²) in [4.78, 5) is 13.1. The number of hydrogen-bond acceptors (Lipinski definition) is 3. The van der Waals surface area contributed by atoms with E-state index in [2.05, 4.69) is 36.4 Å². The number of benzene rings is 4. The molecule has 4 heteroatoms. The normalized spacial score (nSPS) is 10.9. The second-order valence-electron chi connectivity index (χ2n) is 6.86. The van der Waals surface area contributed by atoms with Crippen LogP contribution >= 0.6 is 0 Å². The molecular weight excluding hydrogens is 479 g/mol. The van der Waals surface area contributed by atoms with Crippen LogP contribution < -0.4 is 15.5 Å². The Hall–Kier alpha value is -3.05. The molecule has 0 atom stereocenters. The molecule has 30 heavy (non-hydrogen) atoms. The molecule has 4 rings (SSSR count). The van der Waals surface area contributed by atoms with Gasteiger partial charge in [0, 0.05) is 0 Å². The van der Waals surface area contributed by atoms with E-state index in [0.29, 0.717) is 5.75 Å². The summed E-state index contributed by atoms with van der Waals surface area (Å²) >= 11 is -4.06. The van der Waals surface area contributed by atoms with E-state index in [0.717, 1.165) is 10.7 Å². The molecule has 4 aromatic rings. The summed E-state index contributed by atoms with van der Waals surface area (Å²) in [5, 5.41) is 0. The monoisotopic (exact) mass is 502 g/mol. The van der Waals surface area contributed by atoms with E-state index in [1.807, 2.05) is 84.9 Å². The fraction of sp³-hybridized carbons (Fsp3) is 0.0385. The summed E-state index contributed by atoms with van der Waals surface area (Å²) in [5.41, 5.74) is 0. The third-order valence-corrected chi connectivity index (χ3v) is 16.2. The van der Waals surface area contributed by atoms with Crippen molar-refractivity contribution in [2.75, 3.05) is 6.61 Å². The standard InChI is InChI=1S/C8H8O3.3C6H5.Sn/c9-8(10)6-11-7-4-2-1-3-5-7;3*1-2-4-6-5-3-1;/h1-5H,6H2,(H,9,10);3*1-5H;/q;;;;+1/p-1. The molecule has 0 bridgehead atoms. The second-order valence-corrected chi connectivity index (χ2v) is 16.3. The molecule has 0 aromatic heterocycles. The van der Waals surface area contributed by atoms with Crippen LogP contribution in [0.15, 0.2) is 121 Å². The van der Waals surface area contributed by atoms with Gasteiger partial charge >= 0.3 is 182 Å². The van der Waals surface area contributed by atoms with Gasteiger partial charge in [0.2, 0.25) is 0 Å². The molecule has 0 saturated carbocycles. The molecule has 0 aliphatic carbocycles. The number of rotatable bonds is 7. The van der Waals surface area contributed by atoms with E-state index < -0.39 is 18.8 Å². The third-order valence-electron chi connectivity index (χ3n) is 4.91. The SMILES string of the molecule is O=C(COc1ccccc1)[O][Sn]([c]1ccccc1)([c]1ccccc1)[c]1ccccc1. The van der Waals surface area contributed by atoms with Crippen molar-refractivity contribution in [1.82, 2.24) is 0 Å². The molecule has 0 aliphatic heterocycles. The zero-order valence-electron chi connectivity index (χ0n) is 16.5. The van der Waals surface area contributed by atoms with Gasteiger partial charge < -0.3 is 0 Å². The predicted octanol–water partition coefficient (Wildman–Crippen LogP) is 3.28. The average molecular weight is 501 g/mol. The topological polar surface area (TPSA) is 35.5 Å². The molecular formula is C26H22O3Sn. The van der Waals surface area contributed by atoms with Crippen LogP contribution in [0.1, 0.15) is 0 Å². The zero-order chi connectivity index (χ0) is 20.7. The summed E-state index contributed by atoms with van der Waals surface area (Å²) in [6.07, 6.45) is 0. The van der Waals surface area contributed by atoms with Gasteiger partial charge in [-0.2, -0.15) is 0 Å². The Labute approximate surface area is 181 Å². The Kier molecular flexibility index (Phi) is 6.50. The quantitative estimate of drug-likeness (QED) is 0.365. The number of ether oxygens (including phenoxy) is 1. The Morgan fingerprint density at radius 2 is 0.933 bits per heavy atom. The van der Waals surface area contributed by atoms with Gasteiger partial charge in [-0.15, -0.1) is 0 Å². The first-order chi connectivity index (χ1) is 14.8. The predicted molar refractivity (Wildman–Crippen MR) is 122 cm³/mol. The van der Waals surface area contributed by atoms with Crippen LogP contribution in [0.25, 0.3) is 0 Å². The van der Waals surface area contributed by atoms with Crippen molar-refractivity contribution in [3.05, 3.63) is 121 Å². The van der Waals surface area contributed by atoms with Crippen molar-refractivity contribution >= 4 is 35.5 Å². The van der Waals surface area contributed by atoms with E-state index >= 15 is 0 Å². The van der Waals surface area contributed by atoms with Gasteiger partial charge in [0.1, 0.15) is 0 Å². The molecule has 0 N–H and O–H groups in total. The van der Waals surface area contributed by atoms with Crippen molar-refractivity contribution in [2.24, 2.45) is 0 Å². The molecule has 148 valence electrons. The van der Waals surface area contributed by atoms with Gasteiger partial charge in [0.25, 0.3) is 0 Å². The maximum absolute atomic E-state index is 13.1.